The second kappa shape index (κ2) is 7.14. The Morgan fingerprint density at radius 1 is 1.21 bits per heavy atom. The maximum absolute atomic E-state index is 12.6. The van der Waals surface area contributed by atoms with Crippen molar-refractivity contribution in [1.82, 2.24) is 4.98 Å². The van der Waals surface area contributed by atoms with Crippen LogP contribution in [0.1, 0.15) is 0 Å². The van der Waals surface area contributed by atoms with Crippen molar-refractivity contribution in [2.75, 3.05) is 19.0 Å². The SMILES string of the molecule is COc1cccc2cc(-c3csc(NC(=O)[C@H]4COc5ccccc5O4)n3)oc12. The predicted octanol–water partition coefficient (Wildman–Crippen LogP) is 4.34. The molecule has 2 aromatic carbocycles. The molecule has 5 rings (SSSR count). The molecule has 0 bridgehead atoms. The van der Waals surface area contributed by atoms with Crippen LogP contribution in [0.5, 0.6) is 17.2 Å². The molecule has 1 atom stereocenters. The Hall–Kier alpha value is -3.52. The molecular weight excluding hydrogens is 392 g/mol. The summed E-state index contributed by atoms with van der Waals surface area (Å²) in [5.74, 6) is 2.13. The molecule has 29 heavy (non-hydrogen) atoms. The number of carbonyl (C=O) groups excluding carboxylic acids is 1. The number of hydrogen-bond acceptors (Lipinski definition) is 7. The van der Waals surface area contributed by atoms with Crippen molar-refractivity contribution in [1.29, 1.82) is 0 Å². The fourth-order valence-electron chi connectivity index (χ4n) is 3.10. The lowest BCUT2D eigenvalue weighted by atomic mass is 10.2. The van der Waals surface area contributed by atoms with Crippen LogP contribution < -0.4 is 19.5 Å². The lowest BCUT2D eigenvalue weighted by molar-refractivity contribution is -0.125. The van der Waals surface area contributed by atoms with Gasteiger partial charge in [-0.1, -0.05) is 24.3 Å². The smallest absolute Gasteiger partial charge is 0.270 e. The van der Waals surface area contributed by atoms with Gasteiger partial charge >= 0.3 is 0 Å². The number of hydrogen-bond donors (Lipinski definition) is 1. The van der Waals surface area contributed by atoms with Gasteiger partial charge in [-0.2, -0.15) is 0 Å². The molecule has 0 fully saturated rings. The normalized spacial score (nSPS) is 15.3. The molecule has 1 amide bonds. The van der Waals surface area contributed by atoms with Crippen LogP contribution in [-0.4, -0.2) is 30.7 Å². The van der Waals surface area contributed by atoms with Crippen LogP contribution in [0.3, 0.4) is 0 Å². The molecule has 0 saturated carbocycles. The van der Waals surface area contributed by atoms with Crippen molar-refractivity contribution in [2.45, 2.75) is 6.10 Å². The molecule has 1 N–H and O–H groups in total. The van der Waals surface area contributed by atoms with Gasteiger partial charge in [0.25, 0.3) is 5.91 Å². The fourth-order valence-corrected chi connectivity index (χ4v) is 3.80. The lowest BCUT2D eigenvalue weighted by Gasteiger charge is -2.25. The van der Waals surface area contributed by atoms with E-state index < -0.39 is 6.10 Å². The highest BCUT2D eigenvalue weighted by Crippen LogP contribution is 2.35. The van der Waals surface area contributed by atoms with Crippen LogP contribution >= 0.6 is 11.3 Å². The summed E-state index contributed by atoms with van der Waals surface area (Å²) in [6.45, 7) is 0.143. The lowest BCUT2D eigenvalue weighted by Crippen LogP contribution is -2.40. The van der Waals surface area contributed by atoms with Gasteiger partial charge < -0.3 is 18.6 Å². The molecule has 146 valence electrons. The number of rotatable bonds is 4. The Balaban J connectivity index is 1.32. The van der Waals surface area contributed by atoms with E-state index in [1.54, 1.807) is 19.2 Å². The van der Waals surface area contributed by atoms with E-state index in [4.69, 9.17) is 18.6 Å². The van der Waals surface area contributed by atoms with Gasteiger partial charge in [0, 0.05) is 10.8 Å². The number of furan rings is 1. The Morgan fingerprint density at radius 2 is 2.07 bits per heavy atom. The monoisotopic (exact) mass is 408 g/mol. The summed E-state index contributed by atoms with van der Waals surface area (Å²) in [5.41, 5.74) is 1.30. The van der Waals surface area contributed by atoms with Gasteiger partial charge in [-0.25, -0.2) is 4.98 Å². The van der Waals surface area contributed by atoms with Crippen LogP contribution in [0.4, 0.5) is 5.13 Å². The molecule has 0 spiro atoms. The summed E-state index contributed by atoms with van der Waals surface area (Å²) < 4.78 is 22.6. The molecule has 1 aliphatic rings. The van der Waals surface area contributed by atoms with E-state index in [1.807, 2.05) is 41.8 Å². The van der Waals surface area contributed by atoms with E-state index >= 15 is 0 Å². The van der Waals surface area contributed by atoms with Crippen LogP contribution in [-0.2, 0) is 4.79 Å². The Morgan fingerprint density at radius 3 is 2.93 bits per heavy atom. The van der Waals surface area contributed by atoms with E-state index in [0.29, 0.717) is 39.4 Å². The summed E-state index contributed by atoms with van der Waals surface area (Å²) in [4.78, 5) is 17.0. The van der Waals surface area contributed by atoms with E-state index in [9.17, 15) is 4.79 Å². The number of para-hydroxylation sites is 3. The Labute approximate surface area is 169 Å². The molecule has 8 heteroatoms. The topological polar surface area (TPSA) is 82.8 Å². The quantitative estimate of drug-likeness (QED) is 0.541. The standard InChI is InChI=1S/C21H16N2O5S/c1-25-16-8-4-5-12-9-17(28-19(12)16)13-11-29-21(22-13)23-20(24)18-10-26-14-6-2-3-7-15(14)27-18/h2-9,11,18H,10H2,1H3,(H,22,23,24)/t18-/m1/s1. The number of methoxy groups -OCH3 is 1. The average Bonchev–Trinajstić information content (AvgIpc) is 3.40. The first-order chi connectivity index (χ1) is 14.2. The van der Waals surface area contributed by atoms with E-state index in [2.05, 4.69) is 10.3 Å². The first kappa shape index (κ1) is 17.6. The predicted molar refractivity (Wildman–Crippen MR) is 109 cm³/mol. The van der Waals surface area contributed by atoms with Crippen molar-refractivity contribution >= 4 is 33.3 Å². The Bertz CT molecular complexity index is 1200. The van der Waals surface area contributed by atoms with Gasteiger partial charge in [-0.3, -0.25) is 10.1 Å². The number of ether oxygens (including phenoxy) is 3. The van der Waals surface area contributed by atoms with Crippen molar-refractivity contribution in [3.63, 3.8) is 0 Å². The van der Waals surface area contributed by atoms with Crippen molar-refractivity contribution in [3.05, 3.63) is 53.9 Å². The minimum atomic E-state index is -0.743. The van der Waals surface area contributed by atoms with Crippen molar-refractivity contribution in [3.8, 4) is 28.7 Å². The molecule has 0 unspecified atom stereocenters. The van der Waals surface area contributed by atoms with Gasteiger partial charge in [0.1, 0.15) is 12.3 Å². The number of thiazole rings is 1. The third kappa shape index (κ3) is 3.27. The minimum Gasteiger partial charge on any atom is -0.493 e. The summed E-state index contributed by atoms with van der Waals surface area (Å²) in [6.07, 6.45) is -0.743. The number of nitrogens with zero attached hydrogens (tertiary/aromatic N) is 1. The van der Waals surface area contributed by atoms with E-state index in [0.717, 1.165) is 5.39 Å². The zero-order valence-electron chi connectivity index (χ0n) is 15.4. The van der Waals surface area contributed by atoms with Crippen molar-refractivity contribution < 1.29 is 23.4 Å². The Kier molecular flexibility index (Phi) is 4.33. The molecule has 0 radical (unpaired) electrons. The molecule has 0 saturated heterocycles. The number of aromatic nitrogens is 1. The van der Waals surface area contributed by atoms with E-state index in [-0.39, 0.29) is 12.5 Å². The van der Waals surface area contributed by atoms with Crippen LogP contribution in [0, 0.1) is 0 Å². The summed E-state index contributed by atoms with van der Waals surface area (Å²) in [5, 5.41) is 5.99. The van der Waals surface area contributed by atoms with Gasteiger partial charge in [0.05, 0.1) is 7.11 Å². The summed E-state index contributed by atoms with van der Waals surface area (Å²) in [7, 11) is 1.60. The van der Waals surface area contributed by atoms with Gasteiger partial charge in [0.2, 0.25) is 6.10 Å². The van der Waals surface area contributed by atoms with E-state index in [1.165, 1.54) is 11.3 Å². The molecular formula is C21H16N2O5S. The first-order valence-electron chi connectivity index (χ1n) is 8.93. The molecule has 3 heterocycles. The maximum atomic E-state index is 12.6. The second-order valence-corrected chi connectivity index (χ2v) is 7.24. The molecule has 1 aliphatic heterocycles. The minimum absolute atomic E-state index is 0.143. The third-order valence-electron chi connectivity index (χ3n) is 4.52. The van der Waals surface area contributed by atoms with Crippen LogP contribution in [0.25, 0.3) is 22.4 Å². The molecule has 7 nitrogen and oxygen atoms in total. The number of carbonyl (C=O) groups is 1. The molecule has 0 aliphatic carbocycles. The number of fused-ring (bicyclic) bond motifs is 2. The number of anilines is 1. The highest BCUT2D eigenvalue weighted by molar-refractivity contribution is 7.14. The second-order valence-electron chi connectivity index (χ2n) is 6.38. The zero-order chi connectivity index (χ0) is 19.8. The maximum Gasteiger partial charge on any atom is 0.270 e. The molecule has 4 aromatic rings. The number of amides is 1. The van der Waals surface area contributed by atoms with Gasteiger partial charge in [-0.15, -0.1) is 11.3 Å². The number of nitrogens with one attached hydrogen (secondary N) is 1. The summed E-state index contributed by atoms with van der Waals surface area (Å²) in [6, 6.07) is 14.8. The number of benzene rings is 2. The zero-order valence-corrected chi connectivity index (χ0v) is 16.2. The summed E-state index contributed by atoms with van der Waals surface area (Å²) >= 11 is 1.31. The average molecular weight is 408 g/mol. The fraction of sp³-hybridized carbons (Fsp3) is 0.143. The van der Waals surface area contributed by atoms with Gasteiger partial charge in [0.15, 0.2) is 33.7 Å². The molecule has 2 aromatic heterocycles. The first-order valence-corrected chi connectivity index (χ1v) is 9.81. The largest absolute Gasteiger partial charge is 0.493 e. The third-order valence-corrected chi connectivity index (χ3v) is 5.27. The van der Waals surface area contributed by atoms with Crippen molar-refractivity contribution in [2.24, 2.45) is 0 Å². The highest BCUT2D eigenvalue weighted by atomic mass is 32.1. The van der Waals surface area contributed by atoms with Crippen LogP contribution in [0.2, 0.25) is 0 Å². The highest BCUT2D eigenvalue weighted by Gasteiger charge is 2.28. The van der Waals surface area contributed by atoms with Crippen LogP contribution in [0.15, 0.2) is 58.3 Å². The van der Waals surface area contributed by atoms with Gasteiger partial charge in [-0.05, 0) is 24.3 Å².